The Morgan fingerprint density at radius 3 is 2.46 bits per heavy atom. The average Bonchev–Trinajstić information content (AvgIpc) is 2.17. The summed E-state index contributed by atoms with van der Waals surface area (Å²) in [6.07, 6.45) is 4.00. The Balaban J connectivity index is 4.09. The quantitative estimate of drug-likeness (QED) is 0.621. The summed E-state index contributed by atoms with van der Waals surface area (Å²) in [6.45, 7) is 11.1. The summed E-state index contributed by atoms with van der Waals surface area (Å²) in [5.41, 5.74) is 0.895. The second-order valence-electron chi connectivity index (χ2n) is 3.91. The number of unbranched alkanes of at least 4 members (excludes halogenated alkanes) is 1. The number of rotatable bonds is 7. The van der Waals surface area contributed by atoms with Gasteiger partial charge < -0.3 is 5.32 Å². The Hall–Kier alpha value is -0.243. The van der Waals surface area contributed by atoms with E-state index in [9.17, 15) is 0 Å². The maximum Gasteiger partial charge on any atom is 0.0929 e. The van der Waals surface area contributed by atoms with Crippen LogP contribution in [0.25, 0.3) is 0 Å². The molecule has 1 N–H and O–H groups in total. The largest absolute Gasteiger partial charge is 0.396 e. The van der Waals surface area contributed by atoms with Crippen LogP contribution in [0.1, 0.15) is 40.0 Å². The number of nitrogens with one attached hydrogen (secondary N) is 1. The maximum atomic E-state index is 4.15. The van der Waals surface area contributed by atoms with Crippen molar-refractivity contribution in [2.24, 2.45) is 0 Å². The van der Waals surface area contributed by atoms with E-state index in [-0.39, 0.29) is 0 Å². The van der Waals surface area contributed by atoms with E-state index in [1.807, 2.05) is 7.05 Å². The highest BCUT2D eigenvalue weighted by Crippen LogP contribution is 2.22. The zero-order chi connectivity index (χ0) is 10.3. The molecule has 0 aromatic heterocycles. The van der Waals surface area contributed by atoms with E-state index in [1.165, 1.54) is 30.6 Å². The highest BCUT2D eigenvalue weighted by molar-refractivity contribution is 6.67. The lowest BCUT2D eigenvalue weighted by Gasteiger charge is -2.23. The summed E-state index contributed by atoms with van der Waals surface area (Å²) < 4.78 is 0. The molecular weight excluding hydrogens is 174 g/mol. The molecule has 0 fully saturated rings. The molecule has 0 radical (unpaired) electrons. The summed E-state index contributed by atoms with van der Waals surface area (Å²) in [5, 5.41) is 4.61. The van der Waals surface area contributed by atoms with Crippen LogP contribution in [0, 0.1) is 0 Å². The molecule has 2 unspecified atom stereocenters. The summed E-state index contributed by atoms with van der Waals surface area (Å²) in [7, 11) is 1.27. The molecule has 2 atom stereocenters. The van der Waals surface area contributed by atoms with Gasteiger partial charge in [0.05, 0.1) is 8.80 Å². The first kappa shape index (κ1) is 12.8. The molecule has 78 valence electrons. The van der Waals surface area contributed by atoms with Gasteiger partial charge in [-0.15, -0.1) is 0 Å². The van der Waals surface area contributed by atoms with Gasteiger partial charge in [0.15, 0.2) is 0 Å². The van der Waals surface area contributed by atoms with Gasteiger partial charge in [-0.2, -0.15) is 0 Å². The van der Waals surface area contributed by atoms with Crippen molar-refractivity contribution in [2.75, 3.05) is 7.05 Å². The van der Waals surface area contributed by atoms with Gasteiger partial charge in [-0.3, -0.25) is 0 Å². The molecule has 0 heterocycles. The predicted molar refractivity (Wildman–Crippen MR) is 64.8 cm³/mol. The van der Waals surface area contributed by atoms with Gasteiger partial charge in [-0.1, -0.05) is 52.7 Å². The first-order chi connectivity index (χ1) is 6.17. The number of hydrogen-bond acceptors (Lipinski definition) is 1. The summed E-state index contributed by atoms with van der Waals surface area (Å²) in [4.78, 5) is 0. The summed E-state index contributed by atoms with van der Waals surface area (Å²) in [5.74, 6) is 0. The molecule has 0 saturated carbocycles. The van der Waals surface area contributed by atoms with E-state index in [1.54, 1.807) is 0 Å². The molecular formula is C11H25NSi. The minimum atomic E-state index is -0.745. The van der Waals surface area contributed by atoms with E-state index in [4.69, 9.17) is 0 Å². The highest BCUT2D eigenvalue weighted by atomic mass is 28.3. The Kier molecular flexibility index (Phi) is 7.05. The van der Waals surface area contributed by atoms with Gasteiger partial charge in [0.25, 0.3) is 0 Å². The average molecular weight is 199 g/mol. The fourth-order valence-electron chi connectivity index (χ4n) is 1.70. The maximum absolute atomic E-state index is 4.15. The van der Waals surface area contributed by atoms with Crippen molar-refractivity contribution in [1.82, 2.24) is 5.32 Å². The third-order valence-corrected chi connectivity index (χ3v) is 7.03. The van der Waals surface area contributed by atoms with Crippen LogP contribution in [0.5, 0.6) is 0 Å². The van der Waals surface area contributed by atoms with E-state index >= 15 is 0 Å². The molecule has 1 nitrogen and oxygen atoms in total. The highest BCUT2D eigenvalue weighted by Gasteiger charge is 2.19. The van der Waals surface area contributed by atoms with Crippen LogP contribution < -0.4 is 5.32 Å². The van der Waals surface area contributed by atoms with E-state index in [2.05, 4.69) is 32.7 Å². The van der Waals surface area contributed by atoms with E-state index < -0.39 is 8.80 Å². The monoisotopic (exact) mass is 199 g/mol. The standard InChI is InChI=1S/C11H25NSi/c1-6-8-9-13(10(3)7-2)11(4)12-5/h10,12-13H,4,6-9H2,1-3,5H3. The van der Waals surface area contributed by atoms with Crippen LogP contribution in [0.3, 0.4) is 0 Å². The minimum absolute atomic E-state index is 0.745. The van der Waals surface area contributed by atoms with Crippen molar-refractivity contribution in [3.05, 3.63) is 11.9 Å². The lowest BCUT2D eigenvalue weighted by Crippen LogP contribution is -2.28. The van der Waals surface area contributed by atoms with Gasteiger partial charge in [-0.05, 0) is 10.9 Å². The normalized spacial score (nSPS) is 15.1. The fraction of sp³-hybridized carbons (Fsp3) is 0.818. The topological polar surface area (TPSA) is 12.0 Å². The zero-order valence-electron chi connectivity index (χ0n) is 9.69. The van der Waals surface area contributed by atoms with Crippen molar-refractivity contribution in [2.45, 2.75) is 51.6 Å². The molecule has 0 aromatic rings. The van der Waals surface area contributed by atoms with Crippen LogP contribution in [0.4, 0.5) is 0 Å². The Bertz CT molecular complexity index is 145. The smallest absolute Gasteiger partial charge is 0.0929 e. The van der Waals surface area contributed by atoms with Crippen molar-refractivity contribution in [1.29, 1.82) is 0 Å². The molecule has 0 bridgehead atoms. The van der Waals surface area contributed by atoms with Crippen LogP contribution >= 0.6 is 0 Å². The molecule has 0 aliphatic carbocycles. The van der Waals surface area contributed by atoms with Crippen molar-refractivity contribution < 1.29 is 0 Å². The molecule has 13 heavy (non-hydrogen) atoms. The minimum Gasteiger partial charge on any atom is -0.396 e. The van der Waals surface area contributed by atoms with E-state index in [0.717, 1.165) is 5.54 Å². The van der Waals surface area contributed by atoms with E-state index in [0.29, 0.717) is 0 Å². The first-order valence-corrected chi connectivity index (χ1v) is 7.59. The van der Waals surface area contributed by atoms with Gasteiger partial charge in [0, 0.05) is 7.05 Å². The molecule has 0 saturated heterocycles. The molecule has 0 aliphatic heterocycles. The molecule has 0 aromatic carbocycles. The van der Waals surface area contributed by atoms with Crippen LogP contribution in [0.2, 0.25) is 11.6 Å². The number of hydrogen-bond donors (Lipinski definition) is 1. The third kappa shape index (κ3) is 4.51. The van der Waals surface area contributed by atoms with Crippen molar-refractivity contribution >= 4 is 8.80 Å². The van der Waals surface area contributed by atoms with Gasteiger partial charge in [0.2, 0.25) is 0 Å². The second-order valence-corrected chi connectivity index (χ2v) is 7.53. The first-order valence-electron chi connectivity index (χ1n) is 5.53. The Labute approximate surface area is 85.2 Å². The molecule has 2 heteroatoms. The SMILES string of the molecule is C=C(NC)[SiH](CCCC)C(C)CC. The van der Waals surface area contributed by atoms with Crippen LogP contribution in [0.15, 0.2) is 11.9 Å². The predicted octanol–water partition coefficient (Wildman–Crippen LogP) is 3.09. The Morgan fingerprint density at radius 2 is 2.08 bits per heavy atom. The fourth-order valence-corrected chi connectivity index (χ4v) is 5.09. The Morgan fingerprint density at radius 1 is 1.46 bits per heavy atom. The lowest BCUT2D eigenvalue weighted by molar-refractivity contribution is 0.810. The van der Waals surface area contributed by atoms with Crippen molar-refractivity contribution in [3.8, 4) is 0 Å². The molecule has 0 rings (SSSR count). The third-order valence-electron chi connectivity index (χ3n) is 2.97. The zero-order valence-corrected chi connectivity index (χ0v) is 10.8. The summed E-state index contributed by atoms with van der Waals surface area (Å²) >= 11 is 0. The van der Waals surface area contributed by atoms with Crippen LogP contribution in [-0.2, 0) is 0 Å². The lowest BCUT2D eigenvalue weighted by atomic mass is 10.4. The van der Waals surface area contributed by atoms with Gasteiger partial charge in [-0.25, -0.2) is 0 Å². The molecule has 0 aliphatic rings. The summed E-state index contributed by atoms with van der Waals surface area (Å²) in [6, 6.07) is 1.42. The van der Waals surface area contributed by atoms with Crippen LogP contribution in [-0.4, -0.2) is 15.8 Å². The second kappa shape index (κ2) is 7.19. The molecule has 0 spiro atoms. The van der Waals surface area contributed by atoms with Gasteiger partial charge >= 0.3 is 0 Å². The van der Waals surface area contributed by atoms with Gasteiger partial charge in [0.1, 0.15) is 0 Å². The van der Waals surface area contributed by atoms with Crippen molar-refractivity contribution in [3.63, 3.8) is 0 Å². The molecule has 0 amide bonds.